The maximum absolute atomic E-state index is 10.8. The molecule has 0 aromatic heterocycles. The van der Waals surface area contributed by atoms with E-state index in [1.54, 1.807) is 0 Å². The molecule has 0 saturated carbocycles. The SMILES string of the molecule is CC(=O)OC(C)CCCCc1ccc(-c2ccccc2)cc1. The summed E-state index contributed by atoms with van der Waals surface area (Å²) < 4.78 is 5.13. The summed E-state index contributed by atoms with van der Waals surface area (Å²) in [4.78, 5) is 10.8. The molecule has 2 nitrogen and oxygen atoms in total. The van der Waals surface area contributed by atoms with Gasteiger partial charge in [0.15, 0.2) is 0 Å². The highest BCUT2D eigenvalue weighted by molar-refractivity contribution is 5.66. The van der Waals surface area contributed by atoms with Gasteiger partial charge in [-0.15, -0.1) is 0 Å². The van der Waals surface area contributed by atoms with Crippen molar-refractivity contribution < 1.29 is 9.53 Å². The van der Waals surface area contributed by atoms with Crippen LogP contribution < -0.4 is 0 Å². The smallest absolute Gasteiger partial charge is 0.302 e. The Hall–Kier alpha value is -2.09. The molecule has 0 aliphatic heterocycles. The molecule has 0 aliphatic carbocycles. The van der Waals surface area contributed by atoms with Crippen LogP contribution in [-0.4, -0.2) is 12.1 Å². The van der Waals surface area contributed by atoms with Gasteiger partial charge in [0.05, 0.1) is 6.10 Å². The van der Waals surface area contributed by atoms with E-state index in [4.69, 9.17) is 4.74 Å². The van der Waals surface area contributed by atoms with Gasteiger partial charge in [0, 0.05) is 6.92 Å². The van der Waals surface area contributed by atoms with Crippen LogP contribution in [0.3, 0.4) is 0 Å². The molecule has 0 bridgehead atoms. The standard InChI is InChI=1S/C20H24O2/c1-16(22-17(2)21)8-6-7-9-18-12-14-20(15-13-18)19-10-4-3-5-11-19/h3-5,10-16H,6-9H2,1-2H3. The van der Waals surface area contributed by atoms with Crippen molar-refractivity contribution >= 4 is 5.97 Å². The van der Waals surface area contributed by atoms with E-state index in [1.165, 1.54) is 23.6 Å². The Labute approximate surface area is 133 Å². The Kier molecular flexibility index (Phi) is 6.20. The average Bonchev–Trinajstić information content (AvgIpc) is 2.52. The zero-order chi connectivity index (χ0) is 15.8. The molecule has 2 rings (SSSR count). The number of unbranched alkanes of at least 4 members (excludes halogenated alkanes) is 1. The zero-order valence-corrected chi connectivity index (χ0v) is 13.4. The number of rotatable bonds is 7. The van der Waals surface area contributed by atoms with Crippen molar-refractivity contribution in [2.24, 2.45) is 0 Å². The van der Waals surface area contributed by atoms with Crippen molar-refractivity contribution in [1.82, 2.24) is 0 Å². The third-order valence-corrected chi connectivity index (χ3v) is 3.75. The summed E-state index contributed by atoms with van der Waals surface area (Å²) in [6, 6.07) is 19.2. The maximum atomic E-state index is 10.8. The molecule has 2 aromatic carbocycles. The van der Waals surface area contributed by atoms with Gasteiger partial charge in [-0.05, 0) is 49.3 Å². The van der Waals surface area contributed by atoms with Crippen molar-refractivity contribution in [3.05, 3.63) is 60.2 Å². The van der Waals surface area contributed by atoms with Gasteiger partial charge < -0.3 is 4.74 Å². The van der Waals surface area contributed by atoms with Gasteiger partial charge in [-0.1, -0.05) is 54.6 Å². The van der Waals surface area contributed by atoms with Crippen molar-refractivity contribution in [1.29, 1.82) is 0 Å². The second kappa shape index (κ2) is 8.38. The predicted octanol–water partition coefficient (Wildman–Crippen LogP) is 5.02. The Balaban J connectivity index is 1.76. The fourth-order valence-electron chi connectivity index (χ4n) is 2.60. The van der Waals surface area contributed by atoms with Gasteiger partial charge in [0.1, 0.15) is 0 Å². The van der Waals surface area contributed by atoms with Gasteiger partial charge in [0.2, 0.25) is 0 Å². The summed E-state index contributed by atoms with van der Waals surface area (Å²) in [5.74, 6) is -0.191. The lowest BCUT2D eigenvalue weighted by molar-refractivity contribution is -0.145. The maximum Gasteiger partial charge on any atom is 0.302 e. The van der Waals surface area contributed by atoms with E-state index in [2.05, 4.69) is 48.5 Å². The third kappa shape index (κ3) is 5.36. The zero-order valence-electron chi connectivity index (χ0n) is 13.4. The Bertz CT molecular complexity index is 572. The van der Waals surface area contributed by atoms with Crippen LogP contribution in [-0.2, 0) is 16.0 Å². The molecule has 116 valence electrons. The summed E-state index contributed by atoms with van der Waals surface area (Å²) in [7, 11) is 0. The van der Waals surface area contributed by atoms with Crippen LogP contribution in [0.25, 0.3) is 11.1 Å². The summed E-state index contributed by atoms with van der Waals surface area (Å²) in [5.41, 5.74) is 3.87. The first-order valence-electron chi connectivity index (χ1n) is 7.97. The van der Waals surface area contributed by atoms with Gasteiger partial charge in [-0.3, -0.25) is 4.79 Å². The van der Waals surface area contributed by atoms with E-state index >= 15 is 0 Å². The number of hydrogen-bond donors (Lipinski definition) is 0. The van der Waals surface area contributed by atoms with Gasteiger partial charge in [0.25, 0.3) is 0 Å². The second-order valence-electron chi connectivity index (χ2n) is 5.73. The minimum atomic E-state index is -0.191. The van der Waals surface area contributed by atoms with Crippen molar-refractivity contribution in [2.45, 2.75) is 45.6 Å². The number of benzene rings is 2. The summed E-state index contributed by atoms with van der Waals surface area (Å²) in [5, 5.41) is 0. The Morgan fingerprint density at radius 1 is 0.955 bits per heavy atom. The minimum absolute atomic E-state index is 0.0259. The number of ether oxygens (including phenoxy) is 1. The average molecular weight is 296 g/mol. The highest BCUT2D eigenvalue weighted by atomic mass is 16.5. The highest BCUT2D eigenvalue weighted by Crippen LogP contribution is 2.20. The molecule has 0 radical (unpaired) electrons. The Morgan fingerprint density at radius 3 is 2.23 bits per heavy atom. The van der Waals surface area contributed by atoms with E-state index in [1.807, 2.05) is 13.0 Å². The lowest BCUT2D eigenvalue weighted by Crippen LogP contribution is -2.11. The molecule has 0 heterocycles. The lowest BCUT2D eigenvalue weighted by atomic mass is 10.0. The van der Waals surface area contributed by atoms with E-state index in [0.29, 0.717) is 0 Å². The summed E-state index contributed by atoms with van der Waals surface area (Å²) in [6.07, 6.45) is 4.23. The number of carbonyl (C=O) groups excluding carboxylic acids is 1. The van der Waals surface area contributed by atoms with Crippen molar-refractivity contribution in [2.75, 3.05) is 0 Å². The third-order valence-electron chi connectivity index (χ3n) is 3.75. The first-order valence-corrected chi connectivity index (χ1v) is 7.97. The molecule has 0 N–H and O–H groups in total. The van der Waals surface area contributed by atoms with Crippen LogP contribution in [0.2, 0.25) is 0 Å². The summed E-state index contributed by atoms with van der Waals surface area (Å²) >= 11 is 0. The van der Waals surface area contributed by atoms with E-state index in [0.717, 1.165) is 25.7 Å². The van der Waals surface area contributed by atoms with E-state index in [-0.39, 0.29) is 12.1 Å². The minimum Gasteiger partial charge on any atom is -0.463 e. The number of hydrogen-bond acceptors (Lipinski definition) is 2. The van der Waals surface area contributed by atoms with E-state index in [9.17, 15) is 4.79 Å². The van der Waals surface area contributed by atoms with Crippen molar-refractivity contribution in [3.63, 3.8) is 0 Å². The van der Waals surface area contributed by atoms with Crippen LogP contribution in [0, 0.1) is 0 Å². The van der Waals surface area contributed by atoms with Crippen LogP contribution in [0.5, 0.6) is 0 Å². The fourth-order valence-corrected chi connectivity index (χ4v) is 2.60. The van der Waals surface area contributed by atoms with E-state index < -0.39 is 0 Å². The molecule has 0 saturated heterocycles. The van der Waals surface area contributed by atoms with Crippen LogP contribution in [0.1, 0.15) is 38.7 Å². The quantitative estimate of drug-likeness (QED) is 0.530. The van der Waals surface area contributed by atoms with Crippen LogP contribution in [0.15, 0.2) is 54.6 Å². The first kappa shape index (κ1) is 16.3. The normalized spacial score (nSPS) is 11.9. The molecule has 2 aromatic rings. The molecule has 0 amide bonds. The van der Waals surface area contributed by atoms with Gasteiger partial charge in [-0.2, -0.15) is 0 Å². The fraction of sp³-hybridized carbons (Fsp3) is 0.350. The summed E-state index contributed by atoms with van der Waals surface area (Å²) in [6.45, 7) is 3.42. The highest BCUT2D eigenvalue weighted by Gasteiger charge is 2.05. The van der Waals surface area contributed by atoms with Crippen LogP contribution >= 0.6 is 0 Å². The molecule has 1 atom stereocenters. The molecule has 22 heavy (non-hydrogen) atoms. The Morgan fingerprint density at radius 2 is 1.59 bits per heavy atom. The lowest BCUT2D eigenvalue weighted by Gasteiger charge is -2.11. The molecule has 0 aliphatic rings. The molecule has 0 spiro atoms. The molecule has 1 unspecified atom stereocenters. The second-order valence-corrected chi connectivity index (χ2v) is 5.73. The van der Waals surface area contributed by atoms with Gasteiger partial charge in [-0.25, -0.2) is 0 Å². The molecule has 0 fully saturated rings. The van der Waals surface area contributed by atoms with Crippen LogP contribution in [0.4, 0.5) is 0 Å². The topological polar surface area (TPSA) is 26.3 Å². The largest absolute Gasteiger partial charge is 0.463 e. The monoisotopic (exact) mass is 296 g/mol. The molecule has 2 heteroatoms. The first-order chi connectivity index (χ1) is 10.6. The molecular weight excluding hydrogens is 272 g/mol. The van der Waals surface area contributed by atoms with Gasteiger partial charge >= 0.3 is 5.97 Å². The number of carbonyl (C=O) groups is 1. The number of esters is 1. The number of aryl methyl sites for hydroxylation is 1. The predicted molar refractivity (Wildman–Crippen MR) is 90.7 cm³/mol. The molecular formula is C20H24O2. The van der Waals surface area contributed by atoms with Crippen molar-refractivity contribution in [3.8, 4) is 11.1 Å².